The van der Waals surface area contributed by atoms with Crippen LogP contribution in [0.5, 0.6) is 11.5 Å². The maximum Gasteiger partial charge on any atom is 0.231 e. The molecule has 1 N–H and O–H groups in total. The Bertz CT molecular complexity index is 712. The molecule has 2 saturated carbocycles. The highest BCUT2D eigenvalue weighted by molar-refractivity contribution is 5.76. The zero-order chi connectivity index (χ0) is 18.3. The van der Waals surface area contributed by atoms with E-state index in [2.05, 4.69) is 17.4 Å². The number of rotatable bonds is 5. The fraction of sp³-hybridized carbons (Fsp3) is 0.682. The molecule has 1 aromatic rings. The molecule has 4 aliphatic rings. The van der Waals surface area contributed by atoms with Crippen LogP contribution in [0.4, 0.5) is 0 Å². The molecular formula is C22H29NO4. The summed E-state index contributed by atoms with van der Waals surface area (Å²) in [7, 11) is 0. The average molecular weight is 371 g/mol. The Morgan fingerprint density at radius 1 is 1.11 bits per heavy atom. The lowest BCUT2D eigenvalue weighted by molar-refractivity contribution is -0.122. The molecular weight excluding hydrogens is 342 g/mol. The van der Waals surface area contributed by atoms with Crippen LogP contribution in [0, 0.1) is 17.8 Å². The average Bonchev–Trinajstić information content (AvgIpc) is 3.43. The van der Waals surface area contributed by atoms with Crippen LogP contribution in [0.3, 0.4) is 0 Å². The van der Waals surface area contributed by atoms with Crippen LogP contribution in [-0.4, -0.2) is 32.5 Å². The normalized spacial score (nSPS) is 30.4. The van der Waals surface area contributed by atoms with Crippen LogP contribution in [-0.2, 0) is 14.9 Å². The molecule has 3 fully saturated rings. The molecule has 3 atom stereocenters. The van der Waals surface area contributed by atoms with Crippen molar-refractivity contribution in [3.05, 3.63) is 23.8 Å². The largest absolute Gasteiger partial charge is 0.454 e. The predicted octanol–water partition coefficient (Wildman–Crippen LogP) is 3.41. The molecule has 0 unspecified atom stereocenters. The lowest BCUT2D eigenvalue weighted by Crippen LogP contribution is -2.45. The third-order valence-corrected chi connectivity index (χ3v) is 7.39. The van der Waals surface area contributed by atoms with Gasteiger partial charge in [-0.2, -0.15) is 0 Å². The highest BCUT2D eigenvalue weighted by Crippen LogP contribution is 2.49. The molecule has 5 nitrogen and oxygen atoms in total. The van der Waals surface area contributed by atoms with Gasteiger partial charge in [-0.1, -0.05) is 12.5 Å². The van der Waals surface area contributed by atoms with Gasteiger partial charge in [0.15, 0.2) is 11.5 Å². The lowest BCUT2D eigenvalue weighted by atomic mass is 9.74. The van der Waals surface area contributed by atoms with Crippen molar-refractivity contribution in [3.8, 4) is 11.5 Å². The fourth-order valence-electron chi connectivity index (χ4n) is 5.76. The highest BCUT2D eigenvalue weighted by Gasteiger charge is 2.41. The van der Waals surface area contributed by atoms with Crippen molar-refractivity contribution >= 4 is 5.91 Å². The van der Waals surface area contributed by atoms with Gasteiger partial charge in [0.25, 0.3) is 0 Å². The zero-order valence-corrected chi connectivity index (χ0v) is 15.9. The maximum absolute atomic E-state index is 12.7. The number of carbonyl (C=O) groups is 1. The van der Waals surface area contributed by atoms with E-state index in [-0.39, 0.29) is 18.1 Å². The van der Waals surface area contributed by atoms with E-state index >= 15 is 0 Å². The molecule has 5 rings (SSSR count). The van der Waals surface area contributed by atoms with Crippen molar-refractivity contribution in [2.75, 3.05) is 26.6 Å². The quantitative estimate of drug-likeness (QED) is 0.862. The molecule has 1 amide bonds. The lowest BCUT2D eigenvalue weighted by Gasteiger charge is -2.38. The van der Waals surface area contributed by atoms with Gasteiger partial charge >= 0.3 is 0 Å². The third kappa shape index (κ3) is 3.31. The van der Waals surface area contributed by atoms with Gasteiger partial charge in [0.1, 0.15) is 0 Å². The van der Waals surface area contributed by atoms with Gasteiger partial charge in [-0.15, -0.1) is 0 Å². The molecule has 0 aromatic heterocycles. The summed E-state index contributed by atoms with van der Waals surface area (Å²) in [5, 5.41) is 3.28. The van der Waals surface area contributed by atoms with Gasteiger partial charge in [0.05, 0.1) is 0 Å². The summed E-state index contributed by atoms with van der Waals surface area (Å²) >= 11 is 0. The first kappa shape index (κ1) is 17.4. The van der Waals surface area contributed by atoms with E-state index in [1.54, 1.807) is 0 Å². The number of ether oxygens (including phenoxy) is 3. The van der Waals surface area contributed by atoms with Gasteiger partial charge in [-0.05, 0) is 67.6 Å². The molecule has 2 bridgehead atoms. The second-order valence-corrected chi connectivity index (χ2v) is 8.88. The molecule has 5 heteroatoms. The first-order chi connectivity index (χ1) is 13.2. The number of carbonyl (C=O) groups excluding carboxylic acids is 1. The minimum absolute atomic E-state index is 0.0798. The Hall–Kier alpha value is -1.75. The predicted molar refractivity (Wildman–Crippen MR) is 101 cm³/mol. The number of hydrogen-bond acceptors (Lipinski definition) is 4. The van der Waals surface area contributed by atoms with E-state index in [1.807, 2.05) is 6.07 Å². The second-order valence-electron chi connectivity index (χ2n) is 8.88. The van der Waals surface area contributed by atoms with Crippen molar-refractivity contribution in [2.45, 2.75) is 50.4 Å². The summed E-state index contributed by atoms with van der Waals surface area (Å²) in [4.78, 5) is 12.7. The van der Waals surface area contributed by atoms with Crippen molar-refractivity contribution < 1.29 is 19.0 Å². The smallest absolute Gasteiger partial charge is 0.231 e. The molecule has 1 aromatic carbocycles. The Balaban J connectivity index is 1.27. The SMILES string of the molecule is O=C(C[C@@H]1C[C@H]2CC[C@H]1C2)NCC1(c2ccc3c(c2)OCO3)CCOCC1. The van der Waals surface area contributed by atoms with Crippen LogP contribution in [0.15, 0.2) is 18.2 Å². The van der Waals surface area contributed by atoms with E-state index in [0.717, 1.165) is 49.4 Å². The van der Waals surface area contributed by atoms with E-state index in [0.29, 0.717) is 18.9 Å². The van der Waals surface area contributed by atoms with Crippen LogP contribution in [0.2, 0.25) is 0 Å². The van der Waals surface area contributed by atoms with E-state index in [4.69, 9.17) is 14.2 Å². The van der Waals surface area contributed by atoms with Crippen molar-refractivity contribution in [1.82, 2.24) is 5.32 Å². The van der Waals surface area contributed by atoms with Crippen molar-refractivity contribution in [3.63, 3.8) is 0 Å². The Kier molecular flexibility index (Phi) is 4.50. The maximum atomic E-state index is 12.7. The number of hydrogen-bond donors (Lipinski definition) is 1. The van der Waals surface area contributed by atoms with Gasteiger partial charge in [0, 0.05) is 31.6 Å². The summed E-state index contributed by atoms with van der Waals surface area (Å²) in [6, 6.07) is 6.21. The van der Waals surface area contributed by atoms with Crippen LogP contribution in [0.1, 0.15) is 50.5 Å². The van der Waals surface area contributed by atoms with Crippen LogP contribution in [0.25, 0.3) is 0 Å². The third-order valence-electron chi connectivity index (χ3n) is 7.39. The van der Waals surface area contributed by atoms with Crippen LogP contribution >= 0.6 is 0 Å². The number of fused-ring (bicyclic) bond motifs is 3. The van der Waals surface area contributed by atoms with Gasteiger partial charge < -0.3 is 19.5 Å². The topological polar surface area (TPSA) is 56.8 Å². The fourth-order valence-corrected chi connectivity index (χ4v) is 5.76. The van der Waals surface area contributed by atoms with E-state index in [1.165, 1.54) is 31.2 Å². The van der Waals surface area contributed by atoms with Crippen molar-refractivity contribution in [2.24, 2.45) is 17.8 Å². The van der Waals surface area contributed by atoms with Gasteiger partial charge in [-0.25, -0.2) is 0 Å². The second kappa shape index (κ2) is 7.01. The molecule has 27 heavy (non-hydrogen) atoms. The monoisotopic (exact) mass is 371 g/mol. The van der Waals surface area contributed by atoms with Gasteiger partial charge in [0.2, 0.25) is 12.7 Å². The standard InChI is InChI=1S/C22H29NO4/c24-21(11-17-10-15-1-2-16(17)9-15)23-13-22(5-7-25-8-6-22)18-3-4-19-20(12-18)27-14-26-19/h3-4,12,15-17H,1-2,5-11,13-14H2,(H,23,24)/t15-,16-,17-/m0/s1. The van der Waals surface area contributed by atoms with Crippen LogP contribution < -0.4 is 14.8 Å². The molecule has 1 saturated heterocycles. The molecule has 2 aliphatic carbocycles. The minimum Gasteiger partial charge on any atom is -0.454 e. The molecule has 146 valence electrons. The minimum atomic E-state index is -0.0798. The summed E-state index contributed by atoms with van der Waals surface area (Å²) in [6.45, 7) is 2.43. The number of benzene rings is 1. The highest BCUT2D eigenvalue weighted by atomic mass is 16.7. The molecule has 2 heterocycles. The van der Waals surface area contributed by atoms with E-state index in [9.17, 15) is 4.79 Å². The van der Waals surface area contributed by atoms with Crippen molar-refractivity contribution in [1.29, 1.82) is 0 Å². The Morgan fingerprint density at radius 2 is 1.96 bits per heavy atom. The Labute approximate surface area is 160 Å². The summed E-state index contributed by atoms with van der Waals surface area (Å²) in [5.74, 6) is 4.14. The van der Waals surface area contributed by atoms with E-state index < -0.39 is 0 Å². The zero-order valence-electron chi connectivity index (χ0n) is 15.9. The molecule has 0 spiro atoms. The Morgan fingerprint density at radius 3 is 2.74 bits per heavy atom. The number of amides is 1. The first-order valence-corrected chi connectivity index (χ1v) is 10.5. The summed E-state index contributed by atoms with van der Waals surface area (Å²) < 4.78 is 16.6. The first-order valence-electron chi connectivity index (χ1n) is 10.5. The molecule has 0 radical (unpaired) electrons. The summed E-state index contributed by atoms with van der Waals surface area (Å²) in [6.07, 6.45) is 7.88. The summed E-state index contributed by atoms with van der Waals surface area (Å²) in [5.41, 5.74) is 1.14. The molecule has 2 aliphatic heterocycles. The van der Waals surface area contributed by atoms with Gasteiger partial charge in [-0.3, -0.25) is 4.79 Å². The number of nitrogens with one attached hydrogen (secondary N) is 1.